The summed E-state index contributed by atoms with van der Waals surface area (Å²) in [4.78, 5) is 0. The van der Waals surface area contributed by atoms with Gasteiger partial charge in [-0.3, -0.25) is 0 Å². The predicted molar refractivity (Wildman–Crippen MR) is 91.5 cm³/mol. The molecule has 23 heavy (non-hydrogen) atoms. The first-order valence-electron chi connectivity index (χ1n) is 7.37. The zero-order valence-electron chi connectivity index (χ0n) is 13.7. The van der Waals surface area contributed by atoms with Crippen molar-refractivity contribution in [3.05, 3.63) is 58.1 Å². The second-order valence-electron chi connectivity index (χ2n) is 5.24. The third-order valence-corrected chi connectivity index (χ3v) is 3.76. The first-order valence-corrected chi connectivity index (χ1v) is 7.37. The Balaban J connectivity index is 2.34. The largest absolute Gasteiger partial charge is 0.496 e. The predicted octanol–water partition coefficient (Wildman–Crippen LogP) is 3.17. The van der Waals surface area contributed by atoms with Gasteiger partial charge in [0.05, 0.1) is 27.4 Å². The van der Waals surface area contributed by atoms with Crippen molar-refractivity contribution in [1.82, 2.24) is 0 Å². The summed E-state index contributed by atoms with van der Waals surface area (Å²) in [7, 11) is 3.21. The monoisotopic (exact) mass is 314 g/mol. The number of aliphatic hydroxyl groups is 2. The first-order chi connectivity index (χ1) is 11.1. The molecule has 0 aliphatic heterocycles. The normalized spacial score (nSPS) is 11.0. The van der Waals surface area contributed by atoms with E-state index in [1.807, 2.05) is 49.4 Å². The second kappa shape index (κ2) is 7.81. The maximum Gasteiger partial charge on any atom is 0.125 e. The van der Waals surface area contributed by atoms with E-state index in [0.29, 0.717) is 16.9 Å². The summed E-state index contributed by atoms with van der Waals surface area (Å²) in [6, 6.07) is 9.65. The minimum atomic E-state index is -0.166. The van der Waals surface area contributed by atoms with Crippen molar-refractivity contribution >= 4 is 12.2 Å². The van der Waals surface area contributed by atoms with E-state index in [0.717, 1.165) is 22.4 Å². The zero-order valence-corrected chi connectivity index (χ0v) is 13.7. The fraction of sp³-hybridized carbons (Fsp3) is 0.263. The Morgan fingerprint density at radius 2 is 1.57 bits per heavy atom. The van der Waals surface area contributed by atoms with E-state index >= 15 is 0 Å². The fourth-order valence-corrected chi connectivity index (χ4v) is 2.52. The molecule has 2 aromatic rings. The Labute approximate surface area is 136 Å². The molecule has 0 aliphatic carbocycles. The van der Waals surface area contributed by atoms with Crippen molar-refractivity contribution in [3.8, 4) is 11.5 Å². The number of ether oxygens (including phenoxy) is 2. The SMILES string of the molecule is COc1ccc(/C=C\c2cc(CO)c(CO)c(OC)c2)cc1C. The summed E-state index contributed by atoms with van der Waals surface area (Å²) in [6.45, 7) is 1.69. The van der Waals surface area contributed by atoms with Gasteiger partial charge in [-0.1, -0.05) is 18.2 Å². The Morgan fingerprint density at radius 3 is 2.13 bits per heavy atom. The quantitative estimate of drug-likeness (QED) is 0.804. The summed E-state index contributed by atoms with van der Waals surface area (Å²) in [5, 5.41) is 18.9. The Morgan fingerprint density at radius 1 is 0.870 bits per heavy atom. The van der Waals surface area contributed by atoms with Crippen molar-refractivity contribution in [2.45, 2.75) is 20.1 Å². The van der Waals surface area contributed by atoms with Crippen LogP contribution >= 0.6 is 0 Å². The highest BCUT2D eigenvalue weighted by atomic mass is 16.5. The van der Waals surface area contributed by atoms with Gasteiger partial charge in [0.2, 0.25) is 0 Å². The molecule has 0 bridgehead atoms. The number of methoxy groups -OCH3 is 2. The highest BCUT2D eigenvalue weighted by Gasteiger charge is 2.09. The van der Waals surface area contributed by atoms with E-state index in [1.165, 1.54) is 0 Å². The van der Waals surface area contributed by atoms with Crippen molar-refractivity contribution in [3.63, 3.8) is 0 Å². The van der Waals surface area contributed by atoms with Crippen LogP contribution in [-0.4, -0.2) is 24.4 Å². The lowest BCUT2D eigenvalue weighted by atomic mass is 10.0. The van der Waals surface area contributed by atoms with E-state index in [1.54, 1.807) is 14.2 Å². The van der Waals surface area contributed by atoms with Gasteiger partial charge in [-0.05, 0) is 53.4 Å². The second-order valence-corrected chi connectivity index (χ2v) is 5.24. The Kier molecular flexibility index (Phi) is 5.79. The third-order valence-electron chi connectivity index (χ3n) is 3.76. The molecule has 0 spiro atoms. The lowest BCUT2D eigenvalue weighted by Gasteiger charge is -2.12. The molecule has 122 valence electrons. The van der Waals surface area contributed by atoms with Gasteiger partial charge < -0.3 is 19.7 Å². The number of aliphatic hydroxyl groups excluding tert-OH is 2. The molecule has 0 aliphatic rings. The number of hydrogen-bond donors (Lipinski definition) is 2. The minimum absolute atomic E-state index is 0.143. The van der Waals surface area contributed by atoms with Gasteiger partial charge in [-0.25, -0.2) is 0 Å². The molecule has 0 heterocycles. The molecule has 0 saturated heterocycles. The summed E-state index contributed by atoms with van der Waals surface area (Å²) in [5.74, 6) is 1.43. The molecule has 2 rings (SSSR count). The topological polar surface area (TPSA) is 58.9 Å². The number of rotatable bonds is 6. The minimum Gasteiger partial charge on any atom is -0.496 e. The summed E-state index contributed by atoms with van der Waals surface area (Å²) in [6.07, 6.45) is 3.94. The highest BCUT2D eigenvalue weighted by molar-refractivity contribution is 5.71. The molecule has 0 aromatic heterocycles. The molecule has 4 nitrogen and oxygen atoms in total. The average molecular weight is 314 g/mol. The standard InChI is InChI=1S/C19H22O4/c1-13-8-14(6-7-18(13)22-2)4-5-15-9-16(11-20)17(12-21)19(10-15)23-3/h4-10,20-21H,11-12H2,1-3H3/b5-4-. The molecule has 0 unspecified atom stereocenters. The zero-order chi connectivity index (χ0) is 16.8. The third kappa shape index (κ3) is 3.92. The molecule has 0 amide bonds. The van der Waals surface area contributed by atoms with Crippen LogP contribution < -0.4 is 9.47 Å². The van der Waals surface area contributed by atoms with Crippen molar-refractivity contribution < 1.29 is 19.7 Å². The van der Waals surface area contributed by atoms with Crippen molar-refractivity contribution in [1.29, 1.82) is 0 Å². The van der Waals surface area contributed by atoms with Gasteiger partial charge in [0.1, 0.15) is 11.5 Å². The first kappa shape index (κ1) is 17.1. The van der Waals surface area contributed by atoms with Gasteiger partial charge in [-0.15, -0.1) is 0 Å². The van der Waals surface area contributed by atoms with Crippen LogP contribution in [0.2, 0.25) is 0 Å². The van der Waals surface area contributed by atoms with E-state index in [-0.39, 0.29) is 13.2 Å². The van der Waals surface area contributed by atoms with E-state index in [2.05, 4.69) is 0 Å². The molecule has 4 heteroatoms. The number of hydrogen-bond acceptors (Lipinski definition) is 4. The van der Waals surface area contributed by atoms with E-state index in [9.17, 15) is 10.2 Å². The van der Waals surface area contributed by atoms with Crippen LogP contribution in [0.25, 0.3) is 12.2 Å². The van der Waals surface area contributed by atoms with Gasteiger partial charge in [-0.2, -0.15) is 0 Å². The van der Waals surface area contributed by atoms with Crippen LogP contribution in [0.1, 0.15) is 27.8 Å². The fourth-order valence-electron chi connectivity index (χ4n) is 2.52. The number of benzene rings is 2. The summed E-state index contributed by atoms with van der Waals surface area (Å²) in [5.41, 5.74) is 4.30. The van der Waals surface area contributed by atoms with Crippen LogP contribution in [-0.2, 0) is 13.2 Å². The molecule has 2 aromatic carbocycles. The molecule has 0 radical (unpaired) electrons. The van der Waals surface area contributed by atoms with Gasteiger partial charge in [0, 0.05) is 5.56 Å². The lowest BCUT2D eigenvalue weighted by molar-refractivity contribution is 0.254. The van der Waals surface area contributed by atoms with Crippen molar-refractivity contribution in [2.75, 3.05) is 14.2 Å². The molecule has 0 fully saturated rings. The highest BCUT2D eigenvalue weighted by Crippen LogP contribution is 2.26. The van der Waals surface area contributed by atoms with Crippen LogP contribution in [0.4, 0.5) is 0 Å². The molecular weight excluding hydrogens is 292 g/mol. The van der Waals surface area contributed by atoms with Crippen LogP contribution in [0.5, 0.6) is 11.5 Å². The molecular formula is C19H22O4. The maximum atomic E-state index is 9.47. The average Bonchev–Trinajstić information content (AvgIpc) is 2.58. The van der Waals surface area contributed by atoms with E-state index in [4.69, 9.17) is 9.47 Å². The lowest BCUT2D eigenvalue weighted by Crippen LogP contribution is -1.99. The van der Waals surface area contributed by atoms with Crippen LogP contribution in [0.3, 0.4) is 0 Å². The summed E-state index contributed by atoms with van der Waals surface area (Å²) >= 11 is 0. The molecule has 0 saturated carbocycles. The van der Waals surface area contributed by atoms with E-state index < -0.39 is 0 Å². The smallest absolute Gasteiger partial charge is 0.125 e. The van der Waals surface area contributed by atoms with Gasteiger partial charge >= 0.3 is 0 Å². The molecule has 0 atom stereocenters. The van der Waals surface area contributed by atoms with Gasteiger partial charge in [0.25, 0.3) is 0 Å². The summed E-state index contributed by atoms with van der Waals surface area (Å²) < 4.78 is 10.6. The van der Waals surface area contributed by atoms with Crippen molar-refractivity contribution in [2.24, 2.45) is 0 Å². The Bertz CT molecular complexity index is 680. The molecule has 2 N–H and O–H groups in total. The maximum absolute atomic E-state index is 9.47. The van der Waals surface area contributed by atoms with Crippen LogP contribution in [0, 0.1) is 6.92 Å². The number of aryl methyl sites for hydroxylation is 1. The Hall–Kier alpha value is -2.30. The van der Waals surface area contributed by atoms with Crippen LogP contribution in [0.15, 0.2) is 30.3 Å². The van der Waals surface area contributed by atoms with Gasteiger partial charge in [0.15, 0.2) is 0 Å².